The minimum absolute atomic E-state index is 0.703. The van der Waals surface area contributed by atoms with Crippen molar-refractivity contribution in [3.63, 3.8) is 0 Å². The number of nitrogens with zero attached hydrogens (tertiary/aromatic N) is 3. The average Bonchev–Trinajstić information content (AvgIpc) is 3.04. The normalized spacial score (nSPS) is 17.0. The Morgan fingerprint density at radius 2 is 1.82 bits per heavy atom. The molecule has 0 N–H and O–H groups in total. The summed E-state index contributed by atoms with van der Waals surface area (Å²) in [6.45, 7) is 7.00. The molecule has 0 radical (unpaired) electrons. The molecule has 2 heterocycles. The molecule has 22 heavy (non-hydrogen) atoms. The van der Waals surface area contributed by atoms with Gasteiger partial charge in [0.2, 0.25) is 5.89 Å². The summed E-state index contributed by atoms with van der Waals surface area (Å²) in [6, 6.07) is 10.0. The lowest BCUT2D eigenvalue weighted by Crippen LogP contribution is -2.46. The molecule has 0 bridgehead atoms. The Bertz CT molecular complexity index is 562. The van der Waals surface area contributed by atoms with Crippen molar-refractivity contribution >= 4 is 0 Å². The van der Waals surface area contributed by atoms with Gasteiger partial charge in [-0.1, -0.05) is 18.2 Å². The first-order valence-electron chi connectivity index (χ1n) is 7.78. The van der Waals surface area contributed by atoms with Crippen molar-refractivity contribution in [3.05, 3.63) is 42.3 Å². The lowest BCUT2D eigenvalue weighted by molar-refractivity contribution is 0.0932. The highest BCUT2D eigenvalue weighted by molar-refractivity contribution is 5.52. The molecule has 1 aromatic heterocycles. The first kappa shape index (κ1) is 15.2. The Kier molecular flexibility index (Phi) is 5.21. The molecule has 0 amide bonds. The molecule has 0 unspecified atom stereocenters. The average molecular weight is 301 g/mol. The van der Waals surface area contributed by atoms with Crippen molar-refractivity contribution in [3.8, 4) is 11.5 Å². The van der Waals surface area contributed by atoms with Gasteiger partial charge in [0.15, 0.2) is 0 Å². The molecular formula is C17H23N3O2. The molecule has 0 aliphatic carbocycles. The van der Waals surface area contributed by atoms with Crippen LogP contribution in [0.4, 0.5) is 0 Å². The SMILES string of the molecule is COCCN1CCN(Cc2coc(-c3ccccc3)n2)CC1. The highest BCUT2D eigenvalue weighted by Crippen LogP contribution is 2.19. The number of rotatable bonds is 6. The van der Waals surface area contributed by atoms with E-state index in [1.54, 1.807) is 13.4 Å². The summed E-state index contributed by atoms with van der Waals surface area (Å²) >= 11 is 0. The van der Waals surface area contributed by atoms with Crippen molar-refractivity contribution in [2.75, 3.05) is 46.4 Å². The number of piperazine rings is 1. The van der Waals surface area contributed by atoms with Crippen LogP contribution in [0, 0.1) is 0 Å². The van der Waals surface area contributed by atoms with Crippen molar-refractivity contribution in [2.45, 2.75) is 6.54 Å². The fraction of sp³-hybridized carbons (Fsp3) is 0.471. The van der Waals surface area contributed by atoms with Gasteiger partial charge in [0.25, 0.3) is 0 Å². The summed E-state index contributed by atoms with van der Waals surface area (Å²) in [6.07, 6.45) is 1.78. The van der Waals surface area contributed by atoms with E-state index in [1.807, 2.05) is 30.3 Å². The van der Waals surface area contributed by atoms with Gasteiger partial charge in [-0.2, -0.15) is 0 Å². The highest BCUT2D eigenvalue weighted by Gasteiger charge is 2.18. The molecule has 1 aromatic carbocycles. The smallest absolute Gasteiger partial charge is 0.226 e. The third-order valence-corrected chi connectivity index (χ3v) is 4.03. The topological polar surface area (TPSA) is 41.7 Å². The Balaban J connectivity index is 1.51. The molecule has 0 saturated carbocycles. The summed E-state index contributed by atoms with van der Waals surface area (Å²) in [7, 11) is 1.76. The van der Waals surface area contributed by atoms with Gasteiger partial charge in [-0.25, -0.2) is 4.98 Å². The minimum atomic E-state index is 0.703. The molecular weight excluding hydrogens is 278 g/mol. The predicted molar refractivity (Wildman–Crippen MR) is 85.5 cm³/mol. The number of hydrogen-bond donors (Lipinski definition) is 0. The monoisotopic (exact) mass is 301 g/mol. The number of ether oxygens (including phenoxy) is 1. The maximum atomic E-state index is 5.60. The van der Waals surface area contributed by atoms with Crippen LogP contribution in [-0.2, 0) is 11.3 Å². The summed E-state index contributed by atoms with van der Waals surface area (Å²) < 4.78 is 10.7. The fourth-order valence-corrected chi connectivity index (χ4v) is 2.71. The summed E-state index contributed by atoms with van der Waals surface area (Å²) in [4.78, 5) is 9.47. The summed E-state index contributed by atoms with van der Waals surface area (Å²) in [5.74, 6) is 0.703. The zero-order valence-electron chi connectivity index (χ0n) is 13.1. The fourth-order valence-electron chi connectivity index (χ4n) is 2.71. The van der Waals surface area contributed by atoms with Crippen LogP contribution in [0.25, 0.3) is 11.5 Å². The van der Waals surface area contributed by atoms with Gasteiger partial charge in [-0.05, 0) is 12.1 Å². The Morgan fingerprint density at radius 3 is 2.55 bits per heavy atom. The van der Waals surface area contributed by atoms with Gasteiger partial charge in [0.05, 0.1) is 12.3 Å². The third kappa shape index (κ3) is 3.94. The highest BCUT2D eigenvalue weighted by atomic mass is 16.5. The minimum Gasteiger partial charge on any atom is -0.444 e. The first-order valence-corrected chi connectivity index (χ1v) is 7.78. The van der Waals surface area contributed by atoms with Gasteiger partial charge in [-0.3, -0.25) is 9.80 Å². The lowest BCUT2D eigenvalue weighted by atomic mass is 10.2. The maximum absolute atomic E-state index is 5.60. The van der Waals surface area contributed by atoms with Crippen molar-refractivity contribution in [2.24, 2.45) is 0 Å². The van der Waals surface area contributed by atoms with Crippen molar-refractivity contribution in [1.82, 2.24) is 14.8 Å². The standard InChI is InChI=1S/C17H23N3O2/c1-21-12-11-19-7-9-20(10-8-19)13-16-14-22-17(18-16)15-5-3-2-4-6-15/h2-6,14H,7-13H2,1H3. The molecule has 1 aliphatic heterocycles. The molecule has 5 nitrogen and oxygen atoms in total. The van der Waals surface area contributed by atoms with Crippen LogP contribution >= 0.6 is 0 Å². The lowest BCUT2D eigenvalue weighted by Gasteiger charge is -2.34. The van der Waals surface area contributed by atoms with Crippen LogP contribution in [0.3, 0.4) is 0 Å². The van der Waals surface area contributed by atoms with Crippen LogP contribution in [0.15, 0.2) is 41.0 Å². The quantitative estimate of drug-likeness (QED) is 0.817. The second kappa shape index (κ2) is 7.54. The molecule has 5 heteroatoms. The summed E-state index contributed by atoms with van der Waals surface area (Å²) in [5, 5.41) is 0. The number of methoxy groups -OCH3 is 1. The number of hydrogen-bond acceptors (Lipinski definition) is 5. The second-order valence-electron chi connectivity index (χ2n) is 5.62. The summed E-state index contributed by atoms with van der Waals surface area (Å²) in [5.41, 5.74) is 2.03. The van der Waals surface area contributed by atoms with Gasteiger partial charge in [0.1, 0.15) is 6.26 Å². The van der Waals surface area contributed by atoms with Gasteiger partial charge >= 0.3 is 0 Å². The molecule has 1 aliphatic rings. The zero-order chi connectivity index (χ0) is 15.2. The number of oxazole rings is 1. The molecule has 0 spiro atoms. The van der Waals surface area contributed by atoms with Gasteiger partial charge in [-0.15, -0.1) is 0 Å². The van der Waals surface area contributed by atoms with E-state index in [9.17, 15) is 0 Å². The van der Waals surface area contributed by atoms with Crippen LogP contribution in [0.5, 0.6) is 0 Å². The maximum Gasteiger partial charge on any atom is 0.226 e. The molecule has 118 valence electrons. The van der Waals surface area contributed by atoms with E-state index in [1.165, 1.54) is 0 Å². The Hall–Kier alpha value is -1.69. The largest absolute Gasteiger partial charge is 0.444 e. The molecule has 1 saturated heterocycles. The Labute approximate surface area is 131 Å². The van der Waals surface area contributed by atoms with E-state index in [4.69, 9.17) is 9.15 Å². The molecule has 1 fully saturated rings. The zero-order valence-corrected chi connectivity index (χ0v) is 13.1. The third-order valence-electron chi connectivity index (χ3n) is 4.03. The van der Waals surface area contributed by atoms with Crippen LogP contribution in [0.2, 0.25) is 0 Å². The van der Waals surface area contributed by atoms with E-state index in [0.717, 1.165) is 57.1 Å². The predicted octanol–water partition coefficient (Wildman–Crippen LogP) is 2.11. The van der Waals surface area contributed by atoms with Crippen LogP contribution < -0.4 is 0 Å². The Morgan fingerprint density at radius 1 is 1.09 bits per heavy atom. The van der Waals surface area contributed by atoms with Crippen molar-refractivity contribution < 1.29 is 9.15 Å². The van der Waals surface area contributed by atoms with E-state index in [2.05, 4.69) is 14.8 Å². The van der Waals surface area contributed by atoms with Crippen LogP contribution in [0.1, 0.15) is 5.69 Å². The van der Waals surface area contributed by atoms with E-state index < -0.39 is 0 Å². The van der Waals surface area contributed by atoms with Gasteiger partial charge in [0, 0.05) is 51.9 Å². The van der Waals surface area contributed by atoms with Gasteiger partial charge < -0.3 is 9.15 Å². The molecule has 0 atom stereocenters. The molecule has 2 aromatic rings. The van der Waals surface area contributed by atoms with E-state index in [0.29, 0.717) is 5.89 Å². The van der Waals surface area contributed by atoms with Crippen molar-refractivity contribution in [1.29, 1.82) is 0 Å². The van der Waals surface area contributed by atoms with Crippen LogP contribution in [-0.4, -0.2) is 61.2 Å². The first-order chi connectivity index (χ1) is 10.8. The number of benzene rings is 1. The van der Waals surface area contributed by atoms with E-state index in [-0.39, 0.29) is 0 Å². The molecule has 3 rings (SSSR count). The second-order valence-corrected chi connectivity index (χ2v) is 5.62. The van der Waals surface area contributed by atoms with E-state index >= 15 is 0 Å². The number of aromatic nitrogens is 1.